The molecule has 1 N–H and O–H groups in total. The number of pyridine rings is 1. The molecule has 2 aromatic rings. The standard InChI is InChI=1S/C20H17BrF3N3O3/c1-29-6-5-15-16(20(28)30-2)17(12-4-3-10(22)7-13(12)21)27-19(26-15)18-14(24)8-11(23)9-25-18/h3-4,7-9,17H,5-6H2,1-2H3,(H,26,27). The molecule has 0 radical (unpaired) electrons. The summed E-state index contributed by atoms with van der Waals surface area (Å²) in [6, 6.07) is 3.64. The van der Waals surface area contributed by atoms with Crippen LogP contribution in [0.15, 0.2) is 51.2 Å². The van der Waals surface area contributed by atoms with Crippen molar-refractivity contribution in [3.8, 4) is 0 Å². The van der Waals surface area contributed by atoms with Gasteiger partial charge in [0.25, 0.3) is 0 Å². The first-order chi connectivity index (χ1) is 14.3. The van der Waals surface area contributed by atoms with Gasteiger partial charge >= 0.3 is 5.97 Å². The molecule has 30 heavy (non-hydrogen) atoms. The van der Waals surface area contributed by atoms with E-state index in [1.807, 2.05) is 0 Å². The van der Waals surface area contributed by atoms with E-state index >= 15 is 0 Å². The Morgan fingerprint density at radius 3 is 2.60 bits per heavy atom. The third kappa shape index (κ3) is 4.54. The molecule has 1 unspecified atom stereocenters. The fraction of sp³-hybridized carbons (Fsp3) is 0.250. The van der Waals surface area contributed by atoms with Gasteiger partial charge in [0, 0.05) is 29.8 Å². The van der Waals surface area contributed by atoms with Crippen LogP contribution in [0.4, 0.5) is 13.2 Å². The quantitative estimate of drug-likeness (QED) is 0.632. The fourth-order valence-electron chi connectivity index (χ4n) is 3.00. The molecular weight excluding hydrogens is 467 g/mol. The molecule has 0 aliphatic carbocycles. The van der Waals surface area contributed by atoms with Gasteiger partial charge in [0.15, 0.2) is 11.7 Å². The number of carbonyl (C=O) groups excluding carboxylic acids is 1. The van der Waals surface area contributed by atoms with E-state index in [2.05, 4.69) is 31.2 Å². The van der Waals surface area contributed by atoms with Gasteiger partial charge in [0.2, 0.25) is 0 Å². The van der Waals surface area contributed by atoms with Gasteiger partial charge in [-0.05, 0) is 17.7 Å². The second-order valence-electron chi connectivity index (χ2n) is 6.28. The number of halogens is 4. The van der Waals surface area contributed by atoms with Crippen molar-refractivity contribution in [2.45, 2.75) is 12.5 Å². The average molecular weight is 484 g/mol. The zero-order valence-electron chi connectivity index (χ0n) is 16.0. The number of methoxy groups -OCH3 is 2. The van der Waals surface area contributed by atoms with Crippen LogP contribution < -0.4 is 5.32 Å². The molecule has 0 bridgehead atoms. The maximum absolute atomic E-state index is 14.4. The number of benzene rings is 1. The maximum atomic E-state index is 14.4. The lowest BCUT2D eigenvalue weighted by Crippen LogP contribution is -2.35. The predicted molar refractivity (Wildman–Crippen MR) is 106 cm³/mol. The average Bonchev–Trinajstić information content (AvgIpc) is 2.71. The summed E-state index contributed by atoms with van der Waals surface area (Å²) in [4.78, 5) is 20.8. The molecule has 2 heterocycles. The van der Waals surface area contributed by atoms with Crippen LogP contribution in [0.3, 0.4) is 0 Å². The van der Waals surface area contributed by atoms with Gasteiger partial charge in [-0.1, -0.05) is 22.0 Å². The molecule has 0 amide bonds. The summed E-state index contributed by atoms with van der Waals surface area (Å²) in [5.74, 6) is -2.92. The highest BCUT2D eigenvalue weighted by atomic mass is 79.9. The number of aliphatic imine (C=N–C) groups is 1. The molecule has 0 spiro atoms. The van der Waals surface area contributed by atoms with Crippen LogP contribution in [-0.2, 0) is 14.3 Å². The van der Waals surface area contributed by atoms with E-state index in [1.165, 1.54) is 32.4 Å². The van der Waals surface area contributed by atoms with E-state index in [9.17, 15) is 18.0 Å². The third-order valence-electron chi connectivity index (χ3n) is 4.38. The Labute approximate surface area is 178 Å². The number of nitrogens with zero attached hydrogens (tertiary/aromatic N) is 2. The molecule has 0 fully saturated rings. The molecule has 1 aromatic carbocycles. The Morgan fingerprint density at radius 1 is 1.20 bits per heavy atom. The largest absolute Gasteiger partial charge is 0.466 e. The Morgan fingerprint density at radius 2 is 1.97 bits per heavy atom. The van der Waals surface area contributed by atoms with Crippen molar-refractivity contribution in [3.05, 3.63) is 74.9 Å². The molecule has 6 nitrogen and oxygen atoms in total. The number of carbonyl (C=O) groups is 1. The lowest BCUT2D eigenvalue weighted by atomic mass is 9.94. The summed E-state index contributed by atoms with van der Waals surface area (Å²) in [5.41, 5.74) is 0.764. The molecule has 158 valence electrons. The Bertz CT molecular complexity index is 1040. The van der Waals surface area contributed by atoms with Crippen LogP contribution in [-0.4, -0.2) is 37.6 Å². The summed E-state index contributed by atoms with van der Waals surface area (Å²) < 4.78 is 51.7. The number of ether oxygens (including phenoxy) is 2. The molecule has 1 aliphatic rings. The van der Waals surface area contributed by atoms with Crippen molar-refractivity contribution in [2.24, 2.45) is 4.99 Å². The highest BCUT2D eigenvalue weighted by molar-refractivity contribution is 9.10. The van der Waals surface area contributed by atoms with Crippen LogP contribution >= 0.6 is 15.9 Å². The van der Waals surface area contributed by atoms with Gasteiger partial charge < -0.3 is 14.8 Å². The normalized spacial score (nSPS) is 16.2. The first-order valence-corrected chi connectivity index (χ1v) is 9.56. The lowest BCUT2D eigenvalue weighted by Gasteiger charge is -2.28. The molecule has 0 saturated heterocycles. The number of hydrogen-bond donors (Lipinski definition) is 1. The van der Waals surface area contributed by atoms with Crippen molar-refractivity contribution in [1.29, 1.82) is 0 Å². The smallest absolute Gasteiger partial charge is 0.338 e. The minimum atomic E-state index is -0.957. The van der Waals surface area contributed by atoms with Gasteiger partial charge in [0.1, 0.15) is 23.4 Å². The van der Waals surface area contributed by atoms with Gasteiger partial charge in [-0.25, -0.2) is 22.9 Å². The molecule has 0 saturated carbocycles. The van der Waals surface area contributed by atoms with E-state index in [-0.39, 0.29) is 30.1 Å². The van der Waals surface area contributed by atoms with Gasteiger partial charge in [0.05, 0.1) is 25.5 Å². The van der Waals surface area contributed by atoms with Crippen LogP contribution in [0.1, 0.15) is 23.7 Å². The third-order valence-corrected chi connectivity index (χ3v) is 5.06. The second-order valence-corrected chi connectivity index (χ2v) is 7.14. The van der Waals surface area contributed by atoms with E-state index < -0.39 is 29.5 Å². The van der Waals surface area contributed by atoms with Crippen molar-refractivity contribution < 1.29 is 27.4 Å². The summed E-state index contributed by atoms with van der Waals surface area (Å²) in [7, 11) is 2.71. The molecule has 1 aromatic heterocycles. The highest BCUT2D eigenvalue weighted by Crippen LogP contribution is 2.37. The number of amidine groups is 1. The summed E-state index contributed by atoms with van der Waals surface area (Å²) in [5, 5.41) is 2.90. The highest BCUT2D eigenvalue weighted by Gasteiger charge is 2.34. The van der Waals surface area contributed by atoms with Gasteiger partial charge in [-0.2, -0.15) is 0 Å². The van der Waals surface area contributed by atoms with E-state index in [0.717, 1.165) is 6.20 Å². The van der Waals surface area contributed by atoms with Gasteiger partial charge in [-0.3, -0.25) is 4.99 Å². The number of rotatable bonds is 6. The van der Waals surface area contributed by atoms with E-state index in [4.69, 9.17) is 9.47 Å². The Kier molecular flexibility index (Phi) is 6.88. The first kappa shape index (κ1) is 22.0. The van der Waals surface area contributed by atoms with E-state index in [0.29, 0.717) is 21.8 Å². The van der Waals surface area contributed by atoms with Crippen LogP contribution in [0, 0.1) is 17.5 Å². The van der Waals surface area contributed by atoms with Gasteiger partial charge in [-0.15, -0.1) is 0 Å². The van der Waals surface area contributed by atoms with E-state index in [1.54, 1.807) is 0 Å². The summed E-state index contributed by atoms with van der Waals surface area (Å²) in [6.07, 6.45) is 1.11. The predicted octanol–water partition coefficient (Wildman–Crippen LogP) is 3.82. The monoisotopic (exact) mass is 483 g/mol. The zero-order chi connectivity index (χ0) is 21.8. The lowest BCUT2D eigenvalue weighted by molar-refractivity contribution is -0.136. The molecular formula is C20H17BrF3N3O3. The van der Waals surface area contributed by atoms with Crippen molar-refractivity contribution in [1.82, 2.24) is 10.3 Å². The molecule has 10 heteroatoms. The second kappa shape index (κ2) is 9.40. The number of aromatic nitrogens is 1. The zero-order valence-corrected chi connectivity index (χ0v) is 17.6. The van der Waals surface area contributed by atoms with Crippen molar-refractivity contribution in [3.63, 3.8) is 0 Å². The molecule has 3 rings (SSSR count). The number of esters is 1. The fourth-order valence-corrected chi connectivity index (χ4v) is 3.57. The topological polar surface area (TPSA) is 72.8 Å². The minimum absolute atomic E-state index is 0.00696. The first-order valence-electron chi connectivity index (χ1n) is 8.77. The maximum Gasteiger partial charge on any atom is 0.338 e. The molecule has 1 atom stereocenters. The van der Waals surface area contributed by atoms with Crippen molar-refractivity contribution >= 4 is 27.7 Å². The van der Waals surface area contributed by atoms with Crippen LogP contribution in [0.2, 0.25) is 0 Å². The summed E-state index contributed by atoms with van der Waals surface area (Å²) in [6.45, 7) is 0.243. The molecule has 1 aliphatic heterocycles. The number of nitrogens with one attached hydrogen (secondary N) is 1. The van der Waals surface area contributed by atoms with Crippen molar-refractivity contribution in [2.75, 3.05) is 20.8 Å². The van der Waals surface area contributed by atoms with Crippen LogP contribution in [0.5, 0.6) is 0 Å². The summed E-state index contributed by atoms with van der Waals surface area (Å²) >= 11 is 3.29. The Hall–Kier alpha value is -2.72. The number of hydrogen-bond acceptors (Lipinski definition) is 6. The Balaban J connectivity index is 2.20. The SMILES string of the molecule is COCCC1=C(C(=O)OC)C(c2ccc(F)cc2Br)N=C(c2ncc(F)cc2F)N1. The minimum Gasteiger partial charge on any atom is -0.466 e. The van der Waals surface area contributed by atoms with Crippen LogP contribution in [0.25, 0.3) is 0 Å².